The van der Waals surface area contributed by atoms with Crippen LogP contribution >= 0.6 is 0 Å². The highest BCUT2D eigenvalue weighted by molar-refractivity contribution is 7.89. The second-order valence-corrected chi connectivity index (χ2v) is 6.13. The molecule has 7 heteroatoms. The van der Waals surface area contributed by atoms with Gasteiger partial charge in [-0.3, -0.25) is 4.79 Å². The van der Waals surface area contributed by atoms with Crippen LogP contribution in [-0.4, -0.2) is 37.8 Å². The van der Waals surface area contributed by atoms with E-state index in [1.54, 1.807) is 0 Å². The van der Waals surface area contributed by atoms with Gasteiger partial charge in [-0.2, -0.15) is 0 Å². The second kappa shape index (κ2) is 6.82. The van der Waals surface area contributed by atoms with E-state index in [2.05, 4.69) is 4.72 Å². The average molecular weight is 252 g/mol. The third kappa shape index (κ3) is 8.63. The summed E-state index contributed by atoms with van der Waals surface area (Å²) in [5.41, 5.74) is 5.69. The molecule has 0 aromatic rings. The minimum absolute atomic E-state index is 0.153. The number of hydrogen-bond acceptors (Lipinski definition) is 4. The van der Waals surface area contributed by atoms with Crippen LogP contribution in [0.2, 0.25) is 0 Å². The van der Waals surface area contributed by atoms with Crippen molar-refractivity contribution in [2.24, 2.45) is 11.7 Å². The van der Waals surface area contributed by atoms with Gasteiger partial charge < -0.3 is 10.8 Å². The fraction of sp³-hybridized carbons (Fsp3) is 0.889. The highest BCUT2D eigenvalue weighted by Gasteiger charge is 2.14. The highest BCUT2D eigenvalue weighted by atomic mass is 32.2. The first-order chi connectivity index (χ1) is 7.23. The van der Waals surface area contributed by atoms with Gasteiger partial charge in [0.15, 0.2) is 0 Å². The molecule has 0 bridgehead atoms. The van der Waals surface area contributed by atoms with Gasteiger partial charge in [0, 0.05) is 12.6 Å². The van der Waals surface area contributed by atoms with Crippen LogP contribution in [0.4, 0.5) is 0 Å². The number of hydrogen-bond donors (Lipinski definition) is 3. The Morgan fingerprint density at radius 3 is 2.44 bits per heavy atom. The zero-order valence-corrected chi connectivity index (χ0v) is 10.5. The maximum Gasteiger partial charge on any atom is 0.304 e. The normalized spacial score (nSPS) is 14.0. The van der Waals surface area contributed by atoms with E-state index in [1.807, 2.05) is 13.8 Å². The van der Waals surface area contributed by atoms with Crippen LogP contribution in [0.25, 0.3) is 0 Å². The lowest BCUT2D eigenvalue weighted by Crippen LogP contribution is -2.39. The molecule has 0 aromatic heterocycles. The molecule has 0 aromatic carbocycles. The topological polar surface area (TPSA) is 109 Å². The van der Waals surface area contributed by atoms with Crippen LogP contribution in [0, 0.1) is 5.92 Å². The van der Waals surface area contributed by atoms with Gasteiger partial charge in [-0.15, -0.1) is 0 Å². The van der Waals surface area contributed by atoms with E-state index >= 15 is 0 Å². The van der Waals surface area contributed by atoms with Crippen LogP contribution in [0.3, 0.4) is 0 Å². The third-order valence-corrected chi connectivity index (χ3v) is 3.27. The van der Waals surface area contributed by atoms with Crippen molar-refractivity contribution in [3.8, 4) is 0 Å². The fourth-order valence-corrected chi connectivity index (χ4v) is 2.27. The molecule has 0 rings (SSSR count). The Morgan fingerprint density at radius 1 is 1.44 bits per heavy atom. The summed E-state index contributed by atoms with van der Waals surface area (Å²) < 4.78 is 24.9. The molecule has 0 heterocycles. The Morgan fingerprint density at radius 2 is 2.00 bits per heavy atom. The standard InChI is InChI=1S/C9H20N2O4S/c1-7(2)5-8(10)6-11-16(14,15)4-3-9(12)13/h7-8,11H,3-6,10H2,1-2H3,(H,12,13). The van der Waals surface area contributed by atoms with Crippen molar-refractivity contribution in [3.63, 3.8) is 0 Å². The van der Waals surface area contributed by atoms with E-state index in [-0.39, 0.29) is 12.6 Å². The fourth-order valence-electron chi connectivity index (χ4n) is 1.22. The first kappa shape index (κ1) is 15.3. The van der Waals surface area contributed by atoms with Crippen LogP contribution < -0.4 is 10.5 Å². The zero-order chi connectivity index (χ0) is 12.8. The number of nitrogens with two attached hydrogens (primary N) is 1. The number of carboxylic acids is 1. The van der Waals surface area contributed by atoms with Gasteiger partial charge in [0.1, 0.15) is 0 Å². The summed E-state index contributed by atoms with van der Waals surface area (Å²) in [4.78, 5) is 10.2. The number of carbonyl (C=O) groups is 1. The van der Waals surface area contributed by atoms with Gasteiger partial charge in [-0.1, -0.05) is 13.8 Å². The molecule has 0 amide bonds. The van der Waals surface area contributed by atoms with Crippen molar-refractivity contribution >= 4 is 16.0 Å². The first-order valence-electron chi connectivity index (χ1n) is 5.17. The molecular formula is C9H20N2O4S. The molecule has 0 aliphatic heterocycles. The number of rotatable bonds is 8. The lowest BCUT2D eigenvalue weighted by Gasteiger charge is -2.14. The molecule has 0 saturated carbocycles. The predicted octanol–water partition coefficient (Wildman–Crippen LogP) is -0.246. The Hall–Kier alpha value is -0.660. The number of nitrogens with one attached hydrogen (secondary N) is 1. The summed E-state index contributed by atoms with van der Waals surface area (Å²) in [6.07, 6.45) is 0.330. The quantitative estimate of drug-likeness (QED) is 0.552. The van der Waals surface area contributed by atoms with Crippen molar-refractivity contribution in [2.45, 2.75) is 32.7 Å². The number of aliphatic carboxylic acids is 1. The van der Waals surface area contributed by atoms with Gasteiger partial charge in [0.2, 0.25) is 10.0 Å². The third-order valence-electron chi connectivity index (χ3n) is 1.92. The van der Waals surface area contributed by atoms with Gasteiger partial charge in [0.25, 0.3) is 0 Å². The van der Waals surface area contributed by atoms with Crippen LogP contribution in [0.1, 0.15) is 26.7 Å². The highest BCUT2D eigenvalue weighted by Crippen LogP contribution is 2.02. The van der Waals surface area contributed by atoms with E-state index in [9.17, 15) is 13.2 Å². The SMILES string of the molecule is CC(C)CC(N)CNS(=O)(=O)CCC(=O)O. The molecule has 0 fully saturated rings. The molecule has 4 N–H and O–H groups in total. The molecule has 0 aliphatic carbocycles. The molecule has 0 radical (unpaired) electrons. The van der Waals surface area contributed by atoms with Gasteiger partial charge in [0.05, 0.1) is 12.2 Å². The Labute approximate surface area is 96.3 Å². The summed E-state index contributed by atoms with van der Waals surface area (Å²) in [5, 5.41) is 8.36. The molecule has 16 heavy (non-hydrogen) atoms. The van der Waals surface area contributed by atoms with Crippen molar-refractivity contribution < 1.29 is 18.3 Å². The second-order valence-electron chi connectivity index (χ2n) is 4.20. The summed E-state index contributed by atoms with van der Waals surface area (Å²) in [6.45, 7) is 4.15. The van der Waals surface area contributed by atoms with E-state index in [0.717, 1.165) is 6.42 Å². The van der Waals surface area contributed by atoms with E-state index in [4.69, 9.17) is 10.8 Å². The van der Waals surface area contributed by atoms with Crippen LogP contribution in [-0.2, 0) is 14.8 Å². The van der Waals surface area contributed by atoms with Gasteiger partial charge in [-0.25, -0.2) is 13.1 Å². The van der Waals surface area contributed by atoms with E-state index in [0.29, 0.717) is 5.92 Å². The van der Waals surface area contributed by atoms with Crippen molar-refractivity contribution in [1.82, 2.24) is 4.72 Å². The lowest BCUT2D eigenvalue weighted by atomic mass is 10.1. The molecule has 6 nitrogen and oxygen atoms in total. The van der Waals surface area contributed by atoms with Crippen molar-refractivity contribution in [1.29, 1.82) is 0 Å². The summed E-state index contributed by atoms with van der Waals surface area (Å²) in [7, 11) is -3.52. The summed E-state index contributed by atoms with van der Waals surface area (Å²) >= 11 is 0. The molecule has 0 aliphatic rings. The molecule has 96 valence electrons. The molecular weight excluding hydrogens is 232 g/mol. The summed E-state index contributed by atoms with van der Waals surface area (Å²) in [5.74, 6) is -1.13. The Kier molecular flexibility index (Phi) is 6.54. The maximum absolute atomic E-state index is 11.3. The molecule has 1 unspecified atom stereocenters. The van der Waals surface area contributed by atoms with E-state index in [1.165, 1.54) is 0 Å². The first-order valence-corrected chi connectivity index (χ1v) is 6.83. The smallest absolute Gasteiger partial charge is 0.304 e. The minimum Gasteiger partial charge on any atom is -0.481 e. The van der Waals surface area contributed by atoms with Crippen LogP contribution in [0.5, 0.6) is 0 Å². The lowest BCUT2D eigenvalue weighted by molar-refractivity contribution is -0.136. The molecule has 1 atom stereocenters. The minimum atomic E-state index is -3.52. The Bertz CT molecular complexity index is 313. The predicted molar refractivity (Wildman–Crippen MR) is 61.5 cm³/mol. The van der Waals surface area contributed by atoms with Gasteiger partial charge in [-0.05, 0) is 12.3 Å². The molecule has 0 saturated heterocycles. The largest absolute Gasteiger partial charge is 0.481 e. The van der Waals surface area contributed by atoms with Crippen molar-refractivity contribution in [3.05, 3.63) is 0 Å². The average Bonchev–Trinajstić information content (AvgIpc) is 2.11. The van der Waals surface area contributed by atoms with Gasteiger partial charge >= 0.3 is 5.97 Å². The van der Waals surface area contributed by atoms with Crippen LogP contribution in [0.15, 0.2) is 0 Å². The Balaban J connectivity index is 3.94. The monoisotopic (exact) mass is 252 g/mol. The summed E-state index contributed by atoms with van der Waals surface area (Å²) in [6, 6.07) is -0.236. The maximum atomic E-state index is 11.3. The van der Waals surface area contributed by atoms with Crippen molar-refractivity contribution in [2.75, 3.05) is 12.3 Å². The number of sulfonamides is 1. The molecule has 0 spiro atoms. The van der Waals surface area contributed by atoms with E-state index < -0.39 is 28.2 Å². The number of carboxylic acid groups (broad SMARTS) is 1. The zero-order valence-electron chi connectivity index (χ0n) is 9.64.